The lowest BCUT2D eigenvalue weighted by molar-refractivity contribution is 0.0121. The van der Waals surface area contributed by atoms with Gasteiger partial charge in [0.05, 0.1) is 25.3 Å². The maximum absolute atomic E-state index is 12.5. The number of furan rings is 1. The summed E-state index contributed by atoms with van der Waals surface area (Å²) in [5.74, 6) is 1.74. The van der Waals surface area contributed by atoms with Gasteiger partial charge in [-0.15, -0.1) is 0 Å². The fourth-order valence-electron chi connectivity index (χ4n) is 3.27. The van der Waals surface area contributed by atoms with E-state index < -0.39 is 0 Å². The molecule has 0 spiro atoms. The monoisotopic (exact) mass is 435 g/mol. The summed E-state index contributed by atoms with van der Waals surface area (Å²) in [5.41, 5.74) is 1.04. The van der Waals surface area contributed by atoms with Crippen molar-refractivity contribution in [1.29, 1.82) is 0 Å². The second-order valence-corrected chi connectivity index (χ2v) is 7.56. The minimum absolute atomic E-state index is 0.00730. The highest BCUT2D eigenvalue weighted by atomic mass is 79.9. The molecule has 2 atom stereocenters. The molecule has 1 saturated heterocycles. The molecule has 1 aliphatic heterocycles. The number of carbonyl (C=O) groups excluding carboxylic acids is 1. The molecule has 146 valence electrons. The number of benzene rings is 1. The van der Waals surface area contributed by atoms with E-state index in [0.29, 0.717) is 19.8 Å². The maximum Gasteiger partial charge on any atom is 0.315 e. The number of hydrogen-bond acceptors (Lipinski definition) is 4. The van der Waals surface area contributed by atoms with Crippen LogP contribution in [0.3, 0.4) is 0 Å². The lowest BCUT2D eigenvalue weighted by atomic mass is 10.1. The number of halogens is 1. The molecule has 2 N–H and O–H groups in total. The van der Waals surface area contributed by atoms with Gasteiger partial charge < -0.3 is 19.8 Å². The van der Waals surface area contributed by atoms with Gasteiger partial charge in [-0.1, -0.05) is 34.1 Å². The van der Waals surface area contributed by atoms with Crippen molar-refractivity contribution in [1.82, 2.24) is 15.5 Å². The van der Waals surface area contributed by atoms with Crippen LogP contribution in [0.2, 0.25) is 0 Å². The van der Waals surface area contributed by atoms with Gasteiger partial charge in [-0.25, -0.2) is 4.79 Å². The summed E-state index contributed by atoms with van der Waals surface area (Å²) in [6, 6.07) is 11.5. The molecule has 1 aliphatic rings. The van der Waals surface area contributed by atoms with Crippen LogP contribution in [0.15, 0.2) is 45.3 Å². The first-order valence-corrected chi connectivity index (χ1v) is 10.0. The molecule has 0 bridgehead atoms. The topological polar surface area (TPSA) is 66.7 Å². The second kappa shape index (κ2) is 9.39. The molecule has 2 amide bonds. The number of urea groups is 1. The summed E-state index contributed by atoms with van der Waals surface area (Å²) < 4.78 is 12.3. The Bertz CT molecular complexity index is 758. The fourth-order valence-corrected chi connectivity index (χ4v) is 3.90. The Morgan fingerprint density at radius 2 is 1.96 bits per heavy atom. The van der Waals surface area contributed by atoms with Gasteiger partial charge in [-0.2, -0.15) is 0 Å². The molecule has 2 unspecified atom stereocenters. The van der Waals surface area contributed by atoms with E-state index in [9.17, 15) is 4.79 Å². The highest BCUT2D eigenvalue weighted by molar-refractivity contribution is 9.10. The number of carbonyl (C=O) groups is 1. The van der Waals surface area contributed by atoms with Gasteiger partial charge >= 0.3 is 6.03 Å². The highest BCUT2D eigenvalue weighted by Crippen LogP contribution is 2.24. The summed E-state index contributed by atoms with van der Waals surface area (Å²) in [4.78, 5) is 14.7. The predicted molar refractivity (Wildman–Crippen MR) is 108 cm³/mol. The largest absolute Gasteiger partial charge is 0.465 e. The van der Waals surface area contributed by atoms with Gasteiger partial charge in [0.1, 0.15) is 11.5 Å². The Morgan fingerprint density at radius 1 is 1.22 bits per heavy atom. The van der Waals surface area contributed by atoms with E-state index in [1.807, 2.05) is 50.2 Å². The summed E-state index contributed by atoms with van der Waals surface area (Å²) >= 11 is 3.53. The van der Waals surface area contributed by atoms with Crippen molar-refractivity contribution in [2.45, 2.75) is 25.9 Å². The smallest absolute Gasteiger partial charge is 0.315 e. The number of amides is 2. The lowest BCUT2D eigenvalue weighted by Gasteiger charge is -2.33. The lowest BCUT2D eigenvalue weighted by Crippen LogP contribution is -2.46. The second-order valence-electron chi connectivity index (χ2n) is 6.71. The Labute approximate surface area is 168 Å². The Morgan fingerprint density at radius 3 is 2.63 bits per heavy atom. The van der Waals surface area contributed by atoms with Crippen LogP contribution in [0.1, 0.15) is 36.1 Å². The molecule has 1 fully saturated rings. The van der Waals surface area contributed by atoms with Crippen LogP contribution in [0, 0.1) is 6.92 Å². The molecule has 3 rings (SSSR count). The van der Waals surface area contributed by atoms with Crippen molar-refractivity contribution in [3.05, 3.63) is 58.0 Å². The Hall–Kier alpha value is -1.83. The zero-order valence-corrected chi connectivity index (χ0v) is 17.3. The average Bonchev–Trinajstić information content (AvgIpc) is 3.09. The third-order valence-electron chi connectivity index (χ3n) is 4.75. The molecule has 0 saturated carbocycles. The van der Waals surface area contributed by atoms with Crippen LogP contribution in [-0.2, 0) is 4.74 Å². The van der Waals surface area contributed by atoms with Crippen molar-refractivity contribution >= 4 is 22.0 Å². The van der Waals surface area contributed by atoms with Gasteiger partial charge in [0, 0.05) is 24.1 Å². The highest BCUT2D eigenvalue weighted by Gasteiger charge is 2.26. The number of nitrogens with one attached hydrogen (secondary N) is 2. The summed E-state index contributed by atoms with van der Waals surface area (Å²) in [6.07, 6.45) is 0. The summed E-state index contributed by atoms with van der Waals surface area (Å²) in [5, 5.41) is 6.00. The van der Waals surface area contributed by atoms with Gasteiger partial charge in [0.15, 0.2) is 0 Å². The Kier molecular flexibility index (Phi) is 6.93. The van der Waals surface area contributed by atoms with Crippen LogP contribution in [0.4, 0.5) is 4.79 Å². The van der Waals surface area contributed by atoms with E-state index in [2.05, 4.69) is 31.5 Å². The Balaban J connectivity index is 1.60. The van der Waals surface area contributed by atoms with E-state index in [1.165, 1.54) is 0 Å². The third kappa shape index (κ3) is 5.34. The van der Waals surface area contributed by atoms with Crippen LogP contribution >= 0.6 is 15.9 Å². The normalized spacial score (nSPS) is 17.3. The SMILES string of the molecule is Cc1ccc(C(CNC(=O)NC(C)c2ccccc2Br)N2CCOCC2)o1. The van der Waals surface area contributed by atoms with Crippen LogP contribution in [0.25, 0.3) is 0 Å². The summed E-state index contributed by atoms with van der Waals surface area (Å²) in [6.45, 7) is 7.40. The molecular weight excluding hydrogens is 410 g/mol. The molecule has 2 aromatic rings. The van der Waals surface area contributed by atoms with Crippen LogP contribution in [0.5, 0.6) is 0 Å². The molecule has 7 heteroatoms. The van der Waals surface area contributed by atoms with Crippen LogP contribution in [-0.4, -0.2) is 43.8 Å². The number of rotatable bonds is 6. The minimum atomic E-state index is -0.195. The van der Waals surface area contributed by atoms with Gasteiger partial charge in [0.25, 0.3) is 0 Å². The predicted octanol–water partition coefficient (Wildman–Crippen LogP) is 3.78. The number of hydrogen-bond donors (Lipinski definition) is 2. The molecule has 2 heterocycles. The number of morpholine rings is 1. The molecule has 0 aliphatic carbocycles. The van der Waals surface area contributed by atoms with Gasteiger partial charge in [0.2, 0.25) is 0 Å². The van der Waals surface area contributed by atoms with Crippen molar-refractivity contribution in [3.63, 3.8) is 0 Å². The zero-order chi connectivity index (χ0) is 19.2. The molecule has 27 heavy (non-hydrogen) atoms. The third-order valence-corrected chi connectivity index (χ3v) is 5.47. The molecular formula is C20H26BrN3O3. The zero-order valence-electron chi connectivity index (χ0n) is 15.7. The quantitative estimate of drug-likeness (QED) is 0.724. The molecule has 6 nitrogen and oxygen atoms in total. The first-order valence-electron chi connectivity index (χ1n) is 9.21. The molecule has 1 aromatic carbocycles. The minimum Gasteiger partial charge on any atom is -0.465 e. The number of aryl methyl sites for hydroxylation is 1. The molecule has 1 aromatic heterocycles. The first kappa shape index (κ1) is 19.9. The number of nitrogens with zero attached hydrogens (tertiary/aromatic N) is 1. The van der Waals surface area contributed by atoms with E-state index in [-0.39, 0.29) is 18.1 Å². The molecule has 0 radical (unpaired) electrons. The van der Waals surface area contributed by atoms with Crippen LogP contribution < -0.4 is 10.6 Å². The van der Waals surface area contributed by atoms with Crippen molar-refractivity contribution < 1.29 is 13.9 Å². The average molecular weight is 436 g/mol. The first-order chi connectivity index (χ1) is 13.0. The van der Waals surface area contributed by atoms with Gasteiger partial charge in [-0.3, -0.25) is 4.90 Å². The number of ether oxygens (including phenoxy) is 1. The maximum atomic E-state index is 12.5. The van der Waals surface area contributed by atoms with Crippen molar-refractivity contribution in [2.24, 2.45) is 0 Å². The van der Waals surface area contributed by atoms with E-state index in [4.69, 9.17) is 9.15 Å². The van der Waals surface area contributed by atoms with Crippen molar-refractivity contribution in [3.8, 4) is 0 Å². The van der Waals surface area contributed by atoms with Gasteiger partial charge in [-0.05, 0) is 37.6 Å². The van der Waals surface area contributed by atoms with E-state index in [0.717, 1.165) is 34.6 Å². The van der Waals surface area contributed by atoms with E-state index in [1.54, 1.807) is 0 Å². The summed E-state index contributed by atoms with van der Waals surface area (Å²) in [7, 11) is 0. The standard InChI is InChI=1S/C20H26BrN3O3/c1-14-7-8-19(27-14)18(24-9-11-26-12-10-24)13-22-20(25)23-15(2)16-5-3-4-6-17(16)21/h3-8,15,18H,9-13H2,1-2H3,(H2,22,23,25). The van der Waals surface area contributed by atoms with E-state index >= 15 is 0 Å². The fraction of sp³-hybridized carbons (Fsp3) is 0.450. The van der Waals surface area contributed by atoms with Crippen molar-refractivity contribution in [2.75, 3.05) is 32.8 Å².